The highest BCUT2D eigenvalue weighted by molar-refractivity contribution is 6.05. The van der Waals surface area contributed by atoms with Gasteiger partial charge in [-0.25, -0.2) is 9.97 Å². The van der Waals surface area contributed by atoms with E-state index in [0.717, 1.165) is 60.2 Å². The third kappa shape index (κ3) is 4.62. The zero-order valence-electron chi connectivity index (χ0n) is 22.7. The van der Waals surface area contributed by atoms with Crippen LogP contribution in [0, 0.1) is 17.8 Å². The van der Waals surface area contributed by atoms with Gasteiger partial charge in [0.2, 0.25) is 5.91 Å². The molecule has 2 amide bonds. The summed E-state index contributed by atoms with van der Waals surface area (Å²) in [6, 6.07) is 7.77. The number of nitrogens with one attached hydrogen (secondary N) is 1. The lowest BCUT2D eigenvalue weighted by Crippen LogP contribution is -2.44. The van der Waals surface area contributed by atoms with E-state index >= 15 is 0 Å². The van der Waals surface area contributed by atoms with Crippen LogP contribution >= 0.6 is 0 Å². The van der Waals surface area contributed by atoms with Crippen molar-refractivity contribution >= 4 is 39.9 Å². The second-order valence-electron chi connectivity index (χ2n) is 11.5. The first-order chi connectivity index (χ1) is 18.8. The Kier molecular flexibility index (Phi) is 6.49. The second-order valence-corrected chi connectivity index (χ2v) is 11.5. The number of rotatable bonds is 5. The van der Waals surface area contributed by atoms with Crippen LogP contribution in [-0.2, 0) is 16.6 Å². The molecule has 0 radical (unpaired) electrons. The number of piperidine rings is 1. The summed E-state index contributed by atoms with van der Waals surface area (Å²) in [5, 5.41) is 3.71. The predicted octanol–water partition coefficient (Wildman–Crippen LogP) is 5.17. The van der Waals surface area contributed by atoms with Crippen LogP contribution in [0.5, 0.6) is 0 Å². The van der Waals surface area contributed by atoms with Crippen molar-refractivity contribution in [3.05, 3.63) is 54.4 Å². The lowest BCUT2D eigenvalue weighted by atomic mass is 9.83. The van der Waals surface area contributed by atoms with Gasteiger partial charge in [-0.2, -0.15) is 0 Å². The summed E-state index contributed by atoms with van der Waals surface area (Å²) in [4.78, 5) is 36.5. The fraction of sp³-hybridized carbons (Fsp3) is 0.419. The number of allylic oxidation sites excluding steroid dienone is 2. The fourth-order valence-corrected chi connectivity index (χ4v) is 6.81. The van der Waals surface area contributed by atoms with Crippen LogP contribution in [0.3, 0.4) is 0 Å². The van der Waals surface area contributed by atoms with Crippen molar-refractivity contribution in [2.45, 2.75) is 45.4 Å². The fourth-order valence-electron chi connectivity index (χ4n) is 6.81. The van der Waals surface area contributed by atoms with Gasteiger partial charge in [-0.1, -0.05) is 24.8 Å². The number of aromatic nitrogens is 3. The number of hydrogen-bond donors (Lipinski definition) is 2. The van der Waals surface area contributed by atoms with E-state index in [1.165, 1.54) is 31.2 Å². The van der Waals surface area contributed by atoms with Crippen LogP contribution < -0.4 is 11.1 Å². The van der Waals surface area contributed by atoms with Crippen LogP contribution in [0.2, 0.25) is 0 Å². The summed E-state index contributed by atoms with van der Waals surface area (Å²) in [6.45, 7) is 7.26. The Hall–Kier alpha value is -3.94. The molecule has 2 bridgehead atoms. The normalized spacial score (nSPS) is 22.6. The van der Waals surface area contributed by atoms with Crippen LogP contribution in [-0.4, -0.2) is 44.3 Å². The maximum Gasteiger partial charge on any atom is 0.250 e. The molecule has 1 saturated heterocycles. The van der Waals surface area contributed by atoms with Gasteiger partial charge >= 0.3 is 0 Å². The van der Waals surface area contributed by atoms with Crippen molar-refractivity contribution < 1.29 is 9.59 Å². The van der Waals surface area contributed by atoms with Gasteiger partial charge in [-0.3, -0.25) is 9.59 Å². The van der Waals surface area contributed by atoms with Gasteiger partial charge in [0.05, 0.1) is 11.1 Å². The van der Waals surface area contributed by atoms with E-state index < -0.39 is 0 Å². The average molecular weight is 525 g/mol. The molecule has 1 saturated carbocycles. The number of carbonyl (C=O) groups is 2. The molecule has 1 aromatic carbocycles. The van der Waals surface area contributed by atoms with Crippen molar-refractivity contribution in [2.24, 2.45) is 24.8 Å². The minimum atomic E-state index is -0.204. The van der Waals surface area contributed by atoms with E-state index in [9.17, 15) is 9.59 Å². The molecule has 1 aliphatic heterocycles. The van der Waals surface area contributed by atoms with E-state index in [2.05, 4.69) is 37.4 Å². The molecule has 3 atom stereocenters. The lowest BCUT2D eigenvalue weighted by molar-refractivity contribution is -0.137. The highest BCUT2D eigenvalue weighted by Gasteiger charge is 2.37. The molecule has 2 aliphatic carbocycles. The first-order valence-electron chi connectivity index (χ1n) is 13.9. The number of likely N-dealkylation sites (tertiary alicyclic amines) is 1. The van der Waals surface area contributed by atoms with Crippen molar-refractivity contribution in [1.29, 1.82) is 0 Å². The summed E-state index contributed by atoms with van der Waals surface area (Å²) < 4.78 is 2.06. The first kappa shape index (κ1) is 25.3. The van der Waals surface area contributed by atoms with Gasteiger partial charge in [0.15, 0.2) is 0 Å². The minimum absolute atomic E-state index is 0.0366. The first-order valence-corrected chi connectivity index (χ1v) is 13.9. The van der Waals surface area contributed by atoms with Crippen molar-refractivity contribution in [3.63, 3.8) is 0 Å². The van der Waals surface area contributed by atoms with Gasteiger partial charge in [-0.05, 0) is 80.6 Å². The zero-order valence-corrected chi connectivity index (χ0v) is 22.7. The highest BCUT2D eigenvalue weighted by atomic mass is 16.2. The highest BCUT2D eigenvalue weighted by Crippen LogP contribution is 2.44. The predicted molar refractivity (Wildman–Crippen MR) is 155 cm³/mol. The number of fused-ring (bicyclic) bond motifs is 3. The SMILES string of the molecule is C=C(C)C(=O)Nc1ccc(-c2c(C3=CC[C@@H](C(=O)N4CC5CCC(C5)C4)CC3)c3c(N)ncnc3n2C)cc1. The molecule has 0 spiro atoms. The molecule has 3 aliphatic rings. The Bertz CT molecular complexity index is 1490. The van der Waals surface area contributed by atoms with E-state index in [1.54, 1.807) is 6.92 Å². The summed E-state index contributed by atoms with van der Waals surface area (Å²) in [5.41, 5.74) is 12.6. The second kappa shape index (κ2) is 9.98. The molecule has 39 heavy (non-hydrogen) atoms. The third-order valence-electron chi connectivity index (χ3n) is 8.80. The number of hydrogen-bond acceptors (Lipinski definition) is 5. The third-order valence-corrected chi connectivity index (χ3v) is 8.80. The number of aryl methyl sites for hydroxylation is 1. The monoisotopic (exact) mass is 524 g/mol. The van der Waals surface area contributed by atoms with Gasteiger partial charge in [0.25, 0.3) is 5.91 Å². The topological polar surface area (TPSA) is 106 Å². The number of nitrogens with zero attached hydrogens (tertiary/aromatic N) is 4. The molecule has 8 heteroatoms. The van der Waals surface area contributed by atoms with Crippen molar-refractivity contribution in [1.82, 2.24) is 19.4 Å². The summed E-state index contributed by atoms with van der Waals surface area (Å²) in [6.07, 6.45) is 9.93. The maximum atomic E-state index is 13.4. The molecule has 3 N–H and O–H groups in total. The molecular weight excluding hydrogens is 488 g/mol. The smallest absolute Gasteiger partial charge is 0.250 e. The number of anilines is 2. The van der Waals surface area contributed by atoms with Gasteiger partial charge in [-0.15, -0.1) is 0 Å². The van der Waals surface area contributed by atoms with E-state index in [-0.39, 0.29) is 11.8 Å². The van der Waals surface area contributed by atoms with Crippen LogP contribution in [0.1, 0.15) is 51.0 Å². The quantitative estimate of drug-likeness (QED) is 0.448. The van der Waals surface area contributed by atoms with Crippen molar-refractivity contribution in [3.8, 4) is 11.3 Å². The Morgan fingerprint density at radius 1 is 1.08 bits per heavy atom. The van der Waals surface area contributed by atoms with Crippen LogP contribution in [0.25, 0.3) is 27.9 Å². The molecule has 3 heterocycles. The van der Waals surface area contributed by atoms with E-state index in [4.69, 9.17) is 5.73 Å². The molecule has 3 aromatic rings. The van der Waals surface area contributed by atoms with Crippen molar-refractivity contribution in [2.75, 3.05) is 24.1 Å². The van der Waals surface area contributed by atoms with Gasteiger partial charge < -0.3 is 20.5 Å². The Morgan fingerprint density at radius 3 is 2.44 bits per heavy atom. The van der Waals surface area contributed by atoms with Crippen LogP contribution in [0.4, 0.5) is 11.5 Å². The number of nitrogens with two attached hydrogens (primary N) is 1. The molecular formula is C31H36N6O2. The van der Waals surface area contributed by atoms with Gasteiger partial charge in [0.1, 0.15) is 17.8 Å². The Balaban J connectivity index is 1.32. The number of carbonyl (C=O) groups excluding carboxylic acids is 2. The lowest BCUT2D eigenvalue weighted by Gasteiger charge is -2.35. The molecule has 2 aromatic heterocycles. The summed E-state index contributed by atoms with van der Waals surface area (Å²) in [5.74, 6) is 2.01. The minimum Gasteiger partial charge on any atom is -0.383 e. The van der Waals surface area contributed by atoms with E-state index in [1.807, 2.05) is 31.3 Å². The zero-order chi connectivity index (χ0) is 27.3. The molecule has 2 fully saturated rings. The molecule has 8 nitrogen and oxygen atoms in total. The van der Waals surface area contributed by atoms with Crippen LogP contribution in [0.15, 0.2) is 48.8 Å². The summed E-state index contributed by atoms with van der Waals surface area (Å²) >= 11 is 0. The standard InChI is InChI=1S/C31H36N6O2/c1-18(2)30(38)35-24-12-10-22(11-13-24)27-25(26-28(32)33-17-34-29(26)36(27)3)21-6-8-23(9-7-21)31(39)37-15-19-4-5-20(14-19)16-37/h6,10-13,17,19-20,23H,1,4-5,7-9,14-16H2,2-3H3,(H,35,38)(H2,32,33,34)/t19?,20?,23-/m1/s1. The Morgan fingerprint density at radius 2 is 1.79 bits per heavy atom. The average Bonchev–Trinajstić information content (AvgIpc) is 3.44. The summed E-state index contributed by atoms with van der Waals surface area (Å²) in [7, 11) is 1.99. The number of amides is 2. The molecule has 2 unspecified atom stereocenters. The number of nitrogen functional groups attached to an aromatic ring is 1. The molecule has 202 valence electrons. The Labute approximate surface area is 229 Å². The van der Waals surface area contributed by atoms with E-state index in [0.29, 0.717) is 34.8 Å². The maximum absolute atomic E-state index is 13.4. The largest absolute Gasteiger partial charge is 0.383 e. The number of benzene rings is 1. The molecule has 6 rings (SSSR count). The van der Waals surface area contributed by atoms with Gasteiger partial charge in [0, 0.05) is 42.9 Å².